The summed E-state index contributed by atoms with van der Waals surface area (Å²) in [5.41, 5.74) is 2.41. The molecule has 0 N–H and O–H groups in total. The summed E-state index contributed by atoms with van der Waals surface area (Å²) < 4.78 is 53.2. The Morgan fingerprint density at radius 1 is 0.773 bits per heavy atom. The second-order valence-corrected chi connectivity index (χ2v) is 14.7. The molecule has 0 amide bonds. The Hall–Kier alpha value is -1.73. The van der Waals surface area contributed by atoms with Crippen molar-refractivity contribution in [1.29, 1.82) is 0 Å². The molecule has 13 nitrogen and oxygen atoms in total. The minimum absolute atomic E-state index is 0.0375. The third-order valence-electron chi connectivity index (χ3n) is 5.35. The molecule has 0 bridgehead atoms. The Kier molecular flexibility index (Phi) is 20.3. The predicted molar refractivity (Wildman–Crippen MR) is 166 cm³/mol. The minimum Gasteiger partial charge on any atom is -0.756 e. The van der Waals surface area contributed by atoms with E-state index in [9.17, 15) is 23.7 Å². The van der Waals surface area contributed by atoms with Crippen molar-refractivity contribution in [3.8, 4) is 0 Å². The number of unbranched alkanes of at least 4 members (excludes halogenated alkanes) is 1. The summed E-state index contributed by atoms with van der Waals surface area (Å²) in [5, 5.41) is 0. The fourth-order valence-electron chi connectivity index (χ4n) is 2.76. The monoisotopic (exact) mass is 666 g/mol. The molecule has 2 atom stereocenters. The van der Waals surface area contributed by atoms with Crippen molar-refractivity contribution in [2.24, 2.45) is 0 Å². The summed E-state index contributed by atoms with van der Waals surface area (Å²) in [7, 11) is 3.10. The second kappa shape index (κ2) is 21.1. The van der Waals surface area contributed by atoms with Gasteiger partial charge in [-0.3, -0.25) is 9.13 Å². The zero-order valence-electron chi connectivity index (χ0n) is 27.4. The van der Waals surface area contributed by atoms with Crippen LogP contribution in [0.25, 0.3) is 6.08 Å². The highest BCUT2D eigenvalue weighted by atomic mass is 31.2. The van der Waals surface area contributed by atoms with Gasteiger partial charge in [-0.1, -0.05) is 43.5 Å². The molecule has 1 rings (SSSR count). The topological polar surface area (TPSA) is 153 Å². The molecule has 2 unspecified atom stereocenters. The molecule has 1 aromatic carbocycles. The first-order valence-corrected chi connectivity index (χ1v) is 17.1. The third kappa shape index (κ3) is 25.6. The molecule has 0 saturated carbocycles. The lowest BCUT2D eigenvalue weighted by molar-refractivity contribution is -0.870. The van der Waals surface area contributed by atoms with Crippen LogP contribution in [0.4, 0.5) is 0 Å². The van der Waals surface area contributed by atoms with E-state index in [-0.39, 0.29) is 38.6 Å². The van der Waals surface area contributed by atoms with Crippen LogP contribution in [-0.2, 0) is 48.1 Å². The number of hydrogen-bond acceptors (Lipinski definition) is 11. The third-order valence-corrected chi connectivity index (χ3v) is 7.35. The maximum absolute atomic E-state index is 11.6. The highest BCUT2D eigenvalue weighted by molar-refractivity contribution is 7.46. The van der Waals surface area contributed by atoms with E-state index in [1.54, 1.807) is 6.08 Å². The lowest BCUT2D eigenvalue weighted by Crippen LogP contribution is -2.37. The van der Waals surface area contributed by atoms with E-state index in [2.05, 4.69) is 26.9 Å². The molecule has 0 aliphatic carbocycles. The van der Waals surface area contributed by atoms with Gasteiger partial charge in [0.05, 0.1) is 62.1 Å². The van der Waals surface area contributed by atoms with Crippen LogP contribution in [0.15, 0.2) is 43.0 Å². The van der Waals surface area contributed by atoms with Crippen LogP contribution in [0, 0.1) is 0 Å². The average molecular weight is 667 g/mol. The van der Waals surface area contributed by atoms with Crippen LogP contribution in [0.5, 0.6) is 0 Å². The smallest absolute Gasteiger partial charge is 0.333 e. The number of benzene rings is 1. The van der Waals surface area contributed by atoms with Crippen LogP contribution < -0.4 is 9.79 Å². The van der Waals surface area contributed by atoms with Gasteiger partial charge in [-0.25, -0.2) is 4.79 Å². The highest BCUT2D eigenvalue weighted by Gasteiger charge is 2.14. The zero-order chi connectivity index (χ0) is 33.9. The van der Waals surface area contributed by atoms with Gasteiger partial charge in [0.1, 0.15) is 32.9 Å². The van der Waals surface area contributed by atoms with Gasteiger partial charge in [-0.05, 0) is 30.9 Å². The van der Waals surface area contributed by atoms with Crippen molar-refractivity contribution in [2.75, 3.05) is 95.0 Å². The predicted octanol–water partition coefficient (Wildman–Crippen LogP) is 3.15. The molecule has 15 heteroatoms. The number of carbonyl (C=O) groups is 1. The normalized spacial score (nSPS) is 14.5. The summed E-state index contributed by atoms with van der Waals surface area (Å²) in [6.45, 7) is 10.6. The fourth-order valence-corrected chi connectivity index (χ4v) is 4.17. The van der Waals surface area contributed by atoms with Crippen molar-refractivity contribution < 1.29 is 60.2 Å². The second-order valence-electron chi connectivity index (χ2n) is 11.9. The summed E-state index contributed by atoms with van der Waals surface area (Å²) in [6, 6.07) is 7.98. The quantitative estimate of drug-likeness (QED) is 0.0590. The molecule has 0 radical (unpaired) electrons. The highest BCUT2D eigenvalue weighted by Crippen LogP contribution is 2.38. The Labute approximate surface area is 263 Å². The summed E-state index contributed by atoms with van der Waals surface area (Å²) in [6.07, 6.45) is 3.12. The number of carbonyl (C=O) groups excluding carboxylic acids is 1. The van der Waals surface area contributed by atoms with Crippen molar-refractivity contribution in [2.45, 2.75) is 26.4 Å². The van der Waals surface area contributed by atoms with Crippen LogP contribution in [0.1, 0.15) is 30.9 Å². The molecule has 44 heavy (non-hydrogen) atoms. The van der Waals surface area contributed by atoms with Gasteiger partial charge < -0.3 is 46.3 Å². The summed E-state index contributed by atoms with van der Waals surface area (Å²) in [5.74, 6) is -0.588. The number of esters is 1. The van der Waals surface area contributed by atoms with Crippen LogP contribution in [0.2, 0.25) is 0 Å². The Morgan fingerprint density at radius 3 is 1.68 bits per heavy atom. The SMILES string of the molecule is C=C(C)C(=O)OCCOP(=O)([O-])OCC[N+](C)(C)C.C=Cc1ccc(COCCCCOP(=O)([O-])OCC[N+](C)(C)C)cc1. The van der Waals surface area contributed by atoms with E-state index in [1.165, 1.54) is 6.92 Å². The Morgan fingerprint density at radius 2 is 1.23 bits per heavy atom. The van der Waals surface area contributed by atoms with Gasteiger partial charge in [0.15, 0.2) is 0 Å². The summed E-state index contributed by atoms with van der Waals surface area (Å²) >= 11 is 0. The van der Waals surface area contributed by atoms with Gasteiger partial charge in [-0.2, -0.15) is 0 Å². The van der Waals surface area contributed by atoms with E-state index in [4.69, 9.17) is 13.8 Å². The average Bonchev–Trinajstić information content (AvgIpc) is 2.89. The molecule has 0 aromatic heterocycles. The first-order valence-electron chi connectivity index (χ1n) is 14.2. The van der Waals surface area contributed by atoms with E-state index in [0.29, 0.717) is 41.7 Å². The molecule has 0 saturated heterocycles. The van der Waals surface area contributed by atoms with Crippen molar-refractivity contribution in [3.05, 3.63) is 54.1 Å². The van der Waals surface area contributed by atoms with Crippen molar-refractivity contribution in [1.82, 2.24) is 0 Å². The molecule has 0 aliphatic rings. The minimum atomic E-state index is -4.34. The van der Waals surface area contributed by atoms with E-state index in [0.717, 1.165) is 17.5 Å². The molecule has 0 aliphatic heterocycles. The number of likely N-dealkylation sites (N-methyl/N-ethyl adjacent to an activating group) is 2. The summed E-state index contributed by atoms with van der Waals surface area (Å²) in [4.78, 5) is 33.9. The first kappa shape index (κ1) is 42.3. The van der Waals surface area contributed by atoms with Crippen LogP contribution >= 0.6 is 15.6 Å². The maximum atomic E-state index is 11.6. The number of nitrogens with zero attached hydrogens (tertiary/aromatic N) is 2. The van der Waals surface area contributed by atoms with Crippen molar-refractivity contribution >= 4 is 27.7 Å². The van der Waals surface area contributed by atoms with E-state index < -0.39 is 21.6 Å². The van der Waals surface area contributed by atoms with E-state index >= 15 is 0 Å². The largest absolute Gasteiger partial charge is 0.756 e. The lowest BCUT2D eigenvalue weighted by Gasteiger charge is -2.27. The molecular formula is C29H52N2O11P2. The van der Waals surface area contributed by atoms with Gasteiger partial charge in [-0.15, -0.1) is 0 Å². The number of ether oxygens (including phenoxy) is 2. The maximum Gasteiger partial charge on any atom is 0.333 e. The molecule has 0 fully saturated rings. The lowest BCUT2D eigenvalue weighted by atomic mass is 10.1. The number of hydrogen-bond donors (Lipinski definition) is 0. The number of quaternary nitrogens is 2. The zero-order valence-corrected chi connectivity index (χ0v) is 29.1. The standard InChI is InChI=1S/C18H30NO5P.C11H22NO6P/c1-5-17-8-10-18(11-9-17)16-22-13-6-7-14-23-25(20,21)24-15-12-19(2,3)4;1-10(2)11(13)16-8-9-18-19(14,15)17-7-6-12(3,4)5/h5,8-11H,1,6-7,12-16H2,2-4H3;1,6-9H2,2-5H3. The molecule has 254 valence electrons. The Balaban J connectivity index is 0.000000875. The fraction of sp³-hybridized carbons (Fsp3) is 0.621. The van der Waals surface area contributed by atoms with Crippen LogP contribution in [-0.4, -0.2) is 110 Å². The Bertz CT molecular complexity index is 1080. The molecule has 0 heterocycles. The van der Waals surface area contributed by atoms with E-state index in [1.807, 2.05) is 66.6 Å². The van der Waals surface area contributed by atoms with Gasteiger partial charge in [0.25, 0.3) is 15.6 Å². The first-order chi connectivity index (χ1) is 20.3. The number of phosphoric ester groups is 2. The molecule has 1 aromatic rings. The van der Waals surface area contributed by atoms with Gasteiger partial charge >= 0.3 is 5.97 Å². The van der Waals surface area contributed by atoms with Gasteiger partial charge in [0, 0.05) is 12.2 Å². The number of phosphoric acid groups is 2. The molecule has 0 spiro atoms. The van der Waals surface area contributed by atoms with Crippen LogP contribution in [0.3, 0.4) is 0 Å². The molecular weight excluding hydrogens is 614 g/mol. The number of rotatable bonds is 22. The van der Waals surface area contributed by atoms with Crippen molar-refractivity contribution in [3.63, 3.8) is 0 Å². The van der Waals surface area contributed by atoms with Gasteiger partial charge in [0.2, 0.25) is 0 Å².